The van der Waals surface area contributed by atoms with Gasteiger partial charge in [0.15, 0.2) is 0 Å². The molecule has 2 aromatic carbocycles. The number of nitrogens with two attached hydrogens (primary N) is 1. The Morgan fingerprint density at radius 2 is 1.44 bits per heavy atom. The molecule has 2 heteroatoms. The molecule has 0 heterocycles. The lowest BCUT2D eigenvalue weighted by atomic mass is 10.1. The van der Waals surface area contributed by atoms with Crippen LogP contribution in [0, 0.1) is 0 Å². The van der Waals surface area contributed by atoms with Gasteiger partial charge in [-0.1, -0.05) is 48.5 Å². The standard InChI is InChI=1S/C14H15NS/c15-14(12-7-3-1-4-8-12)11-16-13-9-5-2-6-10-13/h1-10,14H,11,15H2/t14-/m1/s1. The summed E-state index contributed by atoms with van der Waals surface area (Å²) >= 11 is 1.80. The SMILES string of the molecule is N[C@H](CSc1ccccc1)c1ccccc1. The highest BCUT2D eigenvalue weighted by Gasteiger charge is 2.05. The Balaban J connectivity index is 1.92. The Kier molecular flexibility index (Phi) is 4.03. The lowest BCUT2D eigenvalue weighted by Gasteiger charge is -2.11. The van der Waals surface area contributed by atoms with Crippen molar-refractivity contribution in [1.82, 2.24) is 0 Å². The quantitative estimate of drug-likeness (QED) is 0.812. The molecule has 0 amide bonds. The third-order valence-electron chi connectivity index (χ3n) is 2.40. The van der Waals surface area contributed by atoms with Gasteiger partial charge in [-0.15, -0.1) is 11.8 Å². The van der Waals surface area contributed by atoms with E-state index in [0.29, 0.717) is 0 Å². The predicted octanol–water partition coefficient (Wildman–Crippen LogP) is 3.48. The molecule has 0 saturated heterocycles. The summed E-state index contributed by atoms with van der Waals surface area (Å²) in [5.41, 5.74) is 7.32. The van der Waals surface area contributed by atoms with E-state index in [4.69, 9.17) is 5.73 Å². The molecule has 0 radical (unpaired) electrons. The van der Waals surface area contributed by atoms with E-state index in [2.05, 4.69) is 36.4 Å². The second-order valence-corrected chi connectivity index (χ2v) is 4.73. The van der Waals surface area contributed by atoms with Crippen LogP contribution in [0.15, 0.2) is 65.6 Å². The summed E-state index contributed by atoms with van der Waals surface area (Å²) in [4.78, 5) is 1.27. The molecule has 0 aromatic heterocycles. The topological polar surface area (TPSA) is 26.0 Å². The van der Waals surface area contributed by atoms with Gasteiger partial charge < -0.3 is 5.73 Å². The molecule has 0 aliphatic carbocycles. The smallest absolute Gasteiger partial charge is 0.0390 e. The van der Waals surface area contributed by atoms with Gasteiger partial charge in [-0.25, -0.2) is 0 Å². The first-order chi connectivity index (χ1) is 7.86. The molecule has 0 aliphatic heterocycles. The molecule has 2 rings (SSSR count). The minimum Gasteiger partial charge on any atom is -0.323 e. The molecule has 16 heavy (non-hydrogen) atoms. The fourth-order valence-electron chi connectivity index (χ4n) is 1.50. The molecule has 0 bridgehead atoms. The minimum absolute atomic E-state index is 0.103. The van der Waals surface area contributed by atoms with Crippen molar-refractivity contribution >= 4 is 11.8 Å². The van der Waals surface area contributed by atoms with Gasteiger partial charge in [-0.2, -0.15) is 0 Å². The van der Waals surface area contributed by atoms with Crippen molar-refractivity contribution in [1.29, 1.82) is 0 Å². The second kappa shape index (κ2) is 5.73. The first-order valence-corrected chi connectivity index (χ1v) is 6.33. The van der Waals surface area contributed by atoms with E-state index >= 15 is 0 Å². The van der Waals surface area contributed by atoms with E-state index < -0.39 is 0 Å². The van der Waals surface area contributed by atoms with Gasteiger partial charge in [0.2, 0.25) is 0 Å². The van der Waals surface area contributed by atoms with Gasteiger partial charge in [-0.05, 0) is 17.7 Å². The third-order valence-corrected chi connectivity index (χ3v) is 3.53. The highest BCUT2D eigenvalue weighted by atomic mass is 32.2. The van der Waals surface area contributed by atoms with E-state index in [9.17, 15) is 0 Å². The van der Waals surface area contributed by atoms with E-state index in [-0.39, 0.29) is 6.04 Å². The van der Waals surface area contributed by atoms with Gasteiger partial charge >= 0.3 is 0 Å². The predicted molar refractivity (Wildman–Crippen MR) is 70.5 cm³/mol. The zero-order chi connectivity index (χ0) is 11.2. The minimum atomic E-state index is 0.103. The van der Waals surface area contributed by atoms with Gasteiger partial charge in [0.25, 0.3) is 0 Å². The van der Waals surface area contributed by atoms with Crippen molar-refractivity contribution in [3.8, 4) is 0 Å². The maximum atomic E-state index is 6.12. The Labute approximate surface area is 101 Å². The zero-order valence-corrected chi connectivity index (χ0v) is 9.86. The molecule has 2 aromatic rings. The van der Waals surface area contributed by atoms with Crippen LogP contribution in [0.2, 0.25) is 0 Å². The summed E-state index contributed by atoms with van der Waals surface area (Å²) < 4.78 is 0. The maximum Gasteiger partial charge on any atom is 0.0390 e. The van der Waals surface area contributed by atoms with Crippen molar-refractivity contribution in [2.45, 2.75) is 10.9 Å². The number of hydrogen-bond donors (Lipinski definition) is 1. The Hall–Kier alpha value is -1.25. The molecule has 0 aliphatic rings. The molecule has 1 nitrogen and oxygen atoms in total. The Morgan fingerprint density at radius 1 is 0.875 bits per heavy atom. The van der Waals surface area contributed by atoms with Crippen LogP contribution in [0.3, 0.4) is 0 Å². The van der Waals surface area contributed by atoms with Crippen LogP contribution in [-0.4, -0.2) is 5.75 Å². The molecule has 2 N–H and O–H groups in total. The van der Waals surface area contributed by atoms with Crippen molar-refractivity contribution < 1.29 is 0 Å². The molecule has 0 saturated carbocycles. The summed E-state index contributed by atoms with van der Waals surface area (Å²) in [7, 11) is 0. The Bertz CT molecular complexity index is 413. The highest BCUT2D eigenvalue weighted by molar-refractivity contribution is 7.99. The molecule has 0 unspecified atom stereocenters. The van der Waals surface area contributed by atoms with Crippen LogP contribution in [0.25, 0.3) is 0 Å². The first kappa shape index (κ1) is 11.2. The lowest BCUT2D eigenvalue weighted by molar-refractivity contribution is 0.831. The maximum absolute atomic E-state index is 6.12. The van der Waals surface area contributed by atoms with Gasteiger partial charge in [0.05, 0.1) is 0 Å². The van der Waals surface area contributed by atoms with Crippen LogP contribution >= 0.6 is 11.8 Å². The summed E-state index contributed by atoms with van der Waals surface area (Å²) in [5, 5.41) is 0. The van der Waals surface area contributed by atoms with Gasteiger partial charge in [0, 0.05) is 16.7 Å². The van der Waals surface area contributed by atoms with Crippen LogP contribution < -0.4 is 5.73 Å². The van der Waals surface area contributed by atoms with E-state index in [1.165, 1.54) is 10.5 Å². The third kappa shape index (κ3) is 3.12. The van der Waals surface area contributed by atoms with E-state index in [0.717, 1.165) is 5.75 Å². The monoisotopic (exact) mass is 229 g/mol. The van der Waals surface area contributed by atoms with Crippen LogP contribution in [0.5, 0.6) is 0 Å². The van der Waals surface area contributed by atoms with Crippen molar-refractivity contribution in [3.05, 3.63) is 66.2 Å². The first-order valence-electron chi connectivity index (χ1n) is 5.34. The summed E-state index contributed by atoms with van der Waals surface area (Å²) in [6, 6.07) is 20.7. The average Bonchev–Trinajstić information content (AvgIpc) is 2.38. The summed E-state index contributed by atoms with van der Waals surface area (Å²) in [6.07, 6.45) is 0. The van der Waals surface area contributed by atoms with Crippen LogP contribution in [0.1, 0.15) is 11.6 Å². The molecule has 0 spiro atoms. The van der Waals surface area contributed by atoms with Crippen molar-refractivity contribution in [2.75, 3.05) is 5.75 Å². The number of rotatable bonds is 4. The van der Waals surface area contributed by atoms with Crippen molar-refractivity contribution in [3.63, 3.8) is 0 Å². The normalized spacial score (nSPS) is 12.3. The fraction of sp³-hybridized carbons (Fsp3) is 0.143. The summed E-state index contributed by atoms with van der Waals surface area (Å²) in [5.74, 6) is 0.911. The molecular formula is C14H15NS. The zero-order valence-electron chi connectivity index (χ0n) is 9.04. The largest absolute Gasteiger partial charge is 0.323 e. The fourth-order valence-corrected chi connectivity index (χ4v) is 2.41. The summed E-state index contributed by atoms with van der Waals surface area (Å²) in [6.45, 7) is 0. The van der Waals surface area contributed by atoms with Crippen molar-refractivity contribution in [2.24, 2.45) is 5.73 Å². The number of hydrogen-bond acceptors (Lipinski definition) is 2. The molecule has 1 atom stereocenters. The number of thioether (sulfide) groups is 1. The average molecular weight is 229 g/mol. The van der Waals surface area contributed by atoms with Gasteiger partial charge in [-0.3, -0.25) is 0 Å². The highest BCUT2D eigenvalue weighted by Crippen LogP contribution is 2.22. The molecule has 0 fully saturated rings. The number of benzene rings is 2. The lowest BCUT2D eigenvalue weighted by Crippen LogP contribution is -2.12. The van der Waals surface area contributed by atoms with Gasteiger partial charge in [0.1, 0.15) is 0 Å². The molecule has 82 valence electrons. The van der Waals surface area contributed by atoms with Crippen LogP contribution in [0.4, 0.5) is 0 Å². The van der Waals surface area contributed by atoms with Crippen LogP contribution in [-0.2, 0) is 0 Å². The second-order valence-electron chi connectivity index (χ2n) is 3.64. The molecular weight excluding hydrogens is 214 g/mol. The van der Waals surface area contributed by atoms with E-state index in [1.54, 1.807) is 11.8 Å². The Morgan fingerprint density at radius 3 is 2.06 bits per heavy atom. The van der Waals surface area contributed by atoms with E-state index in [1.807, 2.05) is 24.3 Å².